The molecule has 2 rings (SSSR count). The summed E-state index contributed by atoms with van der Waals surface area (Å²) in [6.45, 7) is 2.12. The Bertz CT molecular complexity index is 386. The Morgan fingerprint density at radius 1 is 1.59 bits per heavy atom. The van der Waals surface area contributed by atoms with Crippen molar-refractivity contribution >= 4 is 34.5 Å². The summed E-state index contributed by atoms with van der Waals surface area (Å²) >= 11 is 3.53. The quantitative estimate of drug-likeness (QED) is 0.770. The predicted molar refractivity (Wildman–Crippen MR) is 75.6 cm³/mol. The van der Waals surface area contributed by atoms with E-state index < -0.39 is 0 Å². The first-order valence-corrected chi connectivity index (χ1v) is 7.98. The molecule has 0 bridgehead atoms. The van der Waals surface area contributed by atoms with Gasteiger partial charge in [-0.25, -0.2) is 4.98 Å². The number of carbonyl (C=O) groups is 1. The smallest absolute Gasteiger partial charge is 0.186 e. The SMILES string of the molecule is CCCc1nc(N(C)C2CCSC2)sc1C=O. The zero-order valence-corrected chi connectivity index (χ0v) is 11.9. The summed E-state index contributed by atoms with van der Waals surface area (Å²) < 4.78 is 0. The van der Waals surface area contributed by atoms with Crippen molar-refractivity contribution in [3.63, 3.8) is 0 Å². The molecule has 94 valence electrons. The van der Waals surface area contributed by atoms with E-state index in [1.807, 2.05) is 11.8 Å². The van der Waals surface area contributed by atoms with Crippen molar-refractivity contribution in [1.29, 1.82) is 0 Å². The van der Waals surface area contributed by atoms with E-state index in [0.717, 1.165) is 34.8 Å². The maximum absolute atomic E-state index is 11.0. The van der Waals surface area contributed by atoms with E-state index in [2.05, 4.69) is 23.9 Å². The van der Waals surface area contributed by atoms with Gasteiger partial charge >= 0.3 is 0 Å². The van der Waals surface area contributed by atoms with Crippen LogP contribution in [0.4, 0.5) is 5.13 Å². The lowest BCUT2D eigenvalue weighted by Gasteiger charge is -2.22. The van der Waals surface area contributed by atoms with Crippen molar-refractivity contribution in [2.75, 3.05) is 23.5 Å². The van der Waals surface area contributed by atoms with Gasteiger partial charge in [-0.05, 0) is 18.6 Å². The third kappa shape index (κ3) is 2.83. The summed E-state index contributed by atoms with van der Waals surface area (Å²) in [6.07, 6.45) is 4.11. The van der Waals surface area contributed by atoms with Crippen molar-refractivity contribution in [2.45, 2.75) is 32.2 Å². The normalized spacial score (nSPS) is 19.5. The highest BCUT2D eigenvalue weighted by molar-refractivity contribution is 7.99. The molecule has 1 unspecified atom stereocenters. The van der Waals surface area contributed by atoms with E-state index in [9.17, 15) is 4.79 Å². The molecule has 0 aromatic carbocycles. The van der Waals surface area contributed by atoms with Gasteiger partial charge in [0.1, 0.15) is 0 Å². The second-order valence-electron chi connectivity index (χ2n) is 4.30. The molecule has 0 spiro atoms. The number of aldehydes is 1. The summed E-state index contributed by atoms with van der Waals surface area (Å²) in [5.74, 6) is 2.42. The Kier molecular flexibility index (Phi) is 4.45. The first-order chi connectivity index (χ1) is 8.26. The Balaban J connectivity index is 2.16. The van der Waals surface area contributed by atoms with E-state index in [4.69, 9.17) is 0 Å². The number of thiazole rings is 1. The Hall–Kier alpha value is -0.550. The van der Waals surface area contributed by atoms with Crippen molar-refractivity contribution < 1.29 is 4.79 Å². The van der Waals surface area contributed by atoms with E-state index in [1.54, 1.807) is 0 Å². The topological polar surface area (TPSA) is 33.2 Å². The van der Waals surface area contributed by atoms with Crippen LogP contribution in [0.1, 0.15) is 35.1 Å². The minimum absolute atomic E-state index is 0.583. The molecular weight excluding hydrogens is 252 g/mol. The lowest BCUT2D eigenvalue weighted by atomic mass is 10.2. The number of rotatable bonds is 5. The Morgan fingerprint density at radius 3 is 3.00 bits per heavy atom. The van der Waals surface area contributed by atoms with Crippen LogP contribution in [-0.4, -0.2) is 35.9 Å². The second kappa shape index (κ2) is 5.87. The summed E-state index contributed by atoms with van der Waals surface area (Å²) in [7, 11) is 2.10. The molecule has 1 aromatic rings. The maximum atomic E-state index is 11.0. The van der Waals surface area contributed by atoms with Gasteiger partial charge in [-0.3, -0.25) is 4.79 Å². The molecule has 0 aliphatic carbocycles. The number of thioether (sulfide) groups is 1. The van der Waals surface area contributed by atoms with Gasteiger partial charge in [0.2, 0.25) is 0 Å². The van der Waals surface area contributed by atoms with Crippen molar-refractivity contribution in [3.05, 3.63) is 10.6 Å². The van der Waals surface area contributed by atoms with Gasteiger partial charge in [-0.15, -0.1) is 0 Å². The Labute approximate surface area is 111 Å². The van der Waals surface area contributed by atoms with Gasteiger partial charge in [0, 0.05) is 18.8 Å². The summed E-state index contributed by atoms with van der Waals surface area (Å²) in [4.78, 5) is 18.7. The van der Waals surface area contributed by atoms with Crippen LogP contribution in [0.3, 0.4) is 0 Å². The van der Waals surface area contributed by atoms with Gasteiger partial charge in [0.25, 0.3) is 0 Å². The number of hydrogen-bond donors (Lipinski definition) is 0. The molecule has 0 radical (unpaired) electrons. The third-order valence-corrected chi connectivity index (χ3v) is 5.32. The third-order valence-electron chi connectivity index (χ3n) is 3.07. The largest absolute Gasteiger partial charge is 0.347 e. The monoisotopic (exact) mass is 270 g/mol. The fraction of sp³-hybridized carbons (Fsp3) is 0.667. The lowest BCUT2D eigenvalue weighted by Crippen LogP contribution is -2.31. The zero-order valence-electron chi connectivity index (χ0n) is 10.3. The standard InChI is InChI=1S/C12H18N2OS2/c1-3-4-10-11(7-15)17-12(13-10)14(2)9-5-6-16-8-9/h7,9H,3-6,8H2,1-2H3. The molecule has 0 amide bonds. The molecular formula is C12H18N2OS2. The molecule has 1 fully saturated rings. The van der Waals surface area contributed by atoms with Crippen molar-refractivity contribution in [1.82, 2.24) is 4.98 Å². The molecule has 17 heavy (non-hydrogen) atoms. The van der Waals surface area contributed by atoms with Gasteiger partial charge < -0.3 is 4.90 Å². The number of aromatic nitrogens is 1. The van der Waals surface area contributed by atoms with E-state index in [-0.39, 0.29) is 0 Å². The molecule has 0 saturated carbocycles. The number of nitrogens with zero attached hydrogens (tertiary/aromatic N) is 2. The van der Waals surface area contributed by atoms with Crippen LogP contribution in [0.15, 0.2) is 0 Å². The average Bonchev–Trinajstić information content (AvgIpc) is 2.97. The highest BCUT2D eigenvalue weighted by Crippen LogP contribution is 2.30. The molecule has 5 heteroatoms. The van der Waals surface area contributed by atoms with Crippen LogP contribution < -0.4 is 4.90 Å². The maximum Gasteiger partial charge on any atom is 0.186 e. The molecule has 0 N–H and O–H groups in total. The summed E-state index contributed by atoms with van der Waals surface area (Å²) in [5, 5.41) is 1.00. The predicted octanol–water partition coefficient (Wildman–Crippen LogP) is 2.85. The minimum atomic E-state index is 0.583. The number of carbonyl (C=O) groups excluding carboxylic acids is 1. The van der Waals surface area contributed by atoms with E-state index in [0.29, 0.717) is 6.04 Å². The van der Waals surface area contributed by atoms with E-state index >= 15 is 0 Å². The van der Waals surface area contributed by atoms with Crippen molar-refractivity contribution in [3.8, 4) is 0 Å². The Morgan fingerprint density at radius 2 is 2.41 bits per heavy atom. The average molecular weight is 270 g/mol. The highest BCUT2D eigenvalue weighted by Gasteiger charge is 2.23. The van der Waals surface area contributed by atoms with Crippen LogP contribution in [0.25, 0.3) is 0 Å². The van der Waals surface area contributed by atoms with Gasteiger partial charge in [0.15, 0.2) is 11.4 Å². The molecule has 1 aliphatic heterocycles. The molecule has 3 nitrogen and oxygen atoms in total. The lowest BCUT2D eigenvalue weighted by molar-refractivity contribution is 0.112. The fourth-order valence-electron chi connectivity index (χ4n) is 1.99. The first kappa shape index (κ1) is 12.9. The number of hydrogen-bond acceptors (Lipinski definition) is 5. The van der Waals surface area contributed by atoms with Crippen LogP contribution in [-0.2, 0) is 6.42 Å². The van der Waals surface area contributed by atoms with Crippen LogP contribution in [0.5, 0.6) is 0 Å². The fourth-order valence-corrected chi connectivity index (χ4v) is 4.22. The van der Waals surface area contributed by atoms with Crippen LogP contribution in [0.2, 0.25) is 0 Å². The molecule has 1 saturated heterocycles. The molecule has 2 heterocycles. The zero-order chi connectivity index (χ0) is 12.3. The first-order valence-electron chi connectivity index (χ1n) is 6.01. The van der Waals surface area contributed by atoms with Gasteiger partial charge in [0.05, 0.1) is 10.6 Å². The minimum Gasteiger partial charge on any atom is -0.347 e. The molecule has 1 aliphatic rings. The number of aryl methyl sites for hydroxylation is 1. The van der Waals surface area contributed by atoms with Crippen LogP contribution in [0, 0.1) is 0 Å². The summed E-state index contributed by atoms with van der Waals surface area (Å²) in [6, 6.07) is 0.583. The van der Waals surface area contributed by atoms with E-state index in [1.165, 1.54) is 29.3 Å². The molecule has 1 atom stereocenters. The summed E-state index contributed by atoms with van der Waals surface area (Å²) in [5.41, 5.74) is 0.972. The molecule has 1 aromatic heterocycles. The highest BCUT2D eigenvalue weighted by atomic mass is 32.2. The van der Waals surface area contributed by atoms with Gasteiger partial charge in [-0.2, -0.15) is 11.8 Å². The van der Waals surface area contributed by atoms with Gasteiger partial charge in [-0.1, -0.05) is 24.7 Å². The number of anilines is 1. The second-order valence-corrected chi connectivity index (χ2v) is 6.46. The van der Waals surface area contributed by atoms with Crippen molar-refractivity contribution in [2.24, 2.45) is 0 Å². The van der Waals surface area contributed by atoms with Crippen LogP contribution >= 0.6 is 23.1 Å².